The molecule has 0 aliphatic carbocycles. The second-order valence-electron chi connectivity index (χ2n) is 4.09. The predicted octanol–water partition coefficient (Wildman–Crippen LogP) is 2.17. The van der Waals surface area contributed by atoms with Crippen molar-refractivity contribution in [3.05, 3.63) is 41.6 Å². The number of Topliss-reactive ketones (excluding diaryl/α,β-unsaturated/α-hetero) is 1. The molecular formula is C13H13NO3S. The van der Waals surface area contributed by atoms with E-state index in [0.29, 0.717) is 5.56 Å². The highest BCUT2D eigenvalue weighted by Gasteiger charge is 2.15. The average Bonchev–Trinajstić information content (AvgIpc) is 2.67. The molecule has 0 fully saturated rings. The van der Waals surface area contributed by atoms with Crippen molar-refractivity contribution in [3.8, 4) is 0 Å². The van der Waals surface area contributed by atoms with Crippen molar-refractivity contribution in [3.63, 3.8) is 0 Å². The number of fused-ring (bicyclic) bond motifs is 1. The van der Waals surface area contributed by atoms with E-state index >= 15 is 0 Å². The maximum atomic E-state index is 11.9. The van der Waals surface area contributed by atoms with E-state index in [-0.39, 0.29) is 17.3 Å². The topological polar surface area (TPSA) is 66.4 Å². The molecule has 0 radical (unpaired) electrons. The number of aliphatic carboxylic acids is 1. The monoisotopic (exact) mass is 263 g/mol. The number of carbonyl (C=O) groups is 2. The number of nitrogens with one attached hydrogen (secondary N) is 1. The van der Waals surface area contributed by atoms with Gasteiger partial charge in [0.05, 0.1) is 11.5 Å². The molecule has 0 spiro atoms. The van der Waals surface area contributed by atoms with Crippen LogP contribution in [0.3, 0.4) is 0 Å². The van der Waals surface area contributed by atoms with Gasteiger partial charge in [-0.2, -0.15) is 0 Å². The van der Waals surface area contributed by atoms with Crippen molar-refractivity contribution in [2.24, 2.45) is 0 Å². The Balaban J connectivity index is 2.01. The van der Waals surface area contributed by atoms with Gasteiger partial charge in [0.15, 0.2) is 5.78 Å². The number of ketones is 1. The standard InChI is InChI=1S/C13H13NO3S/c1-8-4-10-5-9(2-3-11(10)14-8)12(15)6-18-7-13(16)17/h2-3,5,14H,1,4,6-7H2,(H,16,17). The van der Waals surface area contributed by atoms with Gasteiger partial charge in [-0.1, -0.05) is 6.58 Å². The number of anilines is 1. The van der Waals surface area contributed by atoms with Crippen LogP contribution in [0.4, 0.5) is 5.69 Å². The van der Waals surface area contributed by atoms with E-state index < -0.39 is 5.97 Å². The van der Waals surface area contributed by atoms with Gasteiger partial charge in [0.25, 0.3) is 0 Å². The average molecular weight is 263 g/mol. The largest absolute Gasteiger partial charge is 0.481 e. The first-order valence-corrected chi connectivity index (χ1v) is 6.62. The molecule has 1 heterocycles. The minimum Gasteiger partial charge on any atom is -0.481 e. The molecule has 1 aliphatic rings. The Morgan fingerprint density at radius 3 is 2.89 bits per heavy atom. The second kappa shape index (κ2) is 5.27. The van der Waals surface area contributed by atoms with Gasteiger partial charge in [-0.25, -0.2) is 0 Å². The van der Waals surface area contributed by atoms with E-state index in [4.69, 9.17) is 5.11 Å². The van der Waals surface area contributed by atoms with Gasteiger partial charge in [0, 0.05) is 23.4 Å². The van der Waals surface area contributed by atoms with E-state index in [1.807, 2.05) is 12.1 Å². The lowest BCUT2D eigenvalue weighted by molar-refractivity contribution is -0.133. The van der Waals surface area contributed by atoms with Crippen LogP contribution in [0.1, 0.15) is 15.9 Å². The Morgan fingerprint density at radius 1 is 1.39 bits per heavy atom. The lowest BCUT2D eigenvalue weighted by atomic mass is 10.1. The highest BCUT2D eigenvalue weighted by Crippen LogP contribution is 2.28. The number of thioether (sulfide) groups is 1. The summed E-state index contributed by atoms with van der Waals surface area (Å²) in [6.07, 6.45) is 0.735. The summed E-state index contributed by atoms with van der Waals surface area (Å²) in [5.41, 5.74) is 3.61. The van der Waals surface area contributed by atoms with Crippen LogP contribution in [0, 0.1) is 0 Å². The van der Waals surface area contributed by atoms with Gasteiger partial charge >= 0.3 is 5.97 Å². The molecule has 0 unspecified atom stereocenters. The molecule has 0 atom stereocenters. The summed E-state index contributed by atoms with van der Waals surface area (Å²) < 4.78 is 0. The van der Waals surface area contributed by atoms with Crippen LogP contribution < -0.4 is 5.32 Å². The highest BCUT2D eigenvalue weighted by atomic mass is 32.2. The number of rotatable bonds is 5. The van der Waals surface area contributed by atoms with Crippen LogP contribution >= 0.6 is 11.8 Å². The van der Waals surface area contributed by atoms with Crippen LogP contribution in [-0.4, -0.2) is 28.4 Å². The third-order valence-electron chi connectivity index (χ3n) is 2.60. The molecular weight excluding hydrogens is 250 g/mol. The Labute approximate surface area is 109 Å². The molecule has 4 nitrogen and oxygen atoms in total. The molecule has 0 saturated heterocycles. The van der Waals surface area contributed by atoms with Crippen molar-refractivity contribution >= 4 is 29.2 Å². The first-order chi connectivity index (χ1) is 8.56. The summed E-state index contributed by atoms with van der Waals surface area (Å²) in [4.78, 5) is 22.2. The van der Waals surface area contributed by atoms with E-state index in [0.717, 1.165) is 35.1 Å². The van der Waals surface area contributed by atoms with Crippen LogP contribution in [0.15, 0.2) is 30.5 Å². The van der Waals surface area contributed by atoms with Crippen LogP contribution in [0.25, 0.3) is 0 Å². The maximum Gasteiger partial charge on any atom is 0.313 e. The summed E-state index contributed by atoms with van der Waals surface area (Å²) in [6, 6.07) is 5.47. The fourth-order valence-electron chi connectivity index (χ4n) is 1.81. The highest BCUT2D eigenvalue weighted by molar-refractivity contribution is 8.00. The first-order valence-electron chi connectivity index (χ1n) is 5.47. The molecule has 2 rings (SSSR count). The summed E-state index contributed by atoms with van der Waals surface area (Å²) in [5, 5.41) is 11.6. The van der Waals surface area contributed by atoms with Crippen LogP contribution in [0.2, 0.25) is 0 Å². The quantitative estimate of drug-likeness (QED) is 0.797. The zero-order chi connectivity index (χ0) is 13.1. The van der Waals surface area contributed by atoms with E-state index in [1.54, 1.807) is 6.07 Å². The van der Waals surface area contributed by atoms with Gasteiger partial charge in [0.2, 0.25) is 0 Å². The third-order valence-corrected chi connectivity index (χ3v) is 3.52. The van der Waals surface area contributed by atoms with E-state index in [9.17, 15) is 9.59 Å². The Bertz CT molecular complexity index is 525. The van der Waals surface area contributed by atoms with Gasteiger partial charge < -0.3 is 10.4 Å². The minimum absolute atomic E-state index is 0.0402. The molecule has 0 saturated carbocycles. The molecule has 0 aromatic heterocycles. The molecule has 0 bridgehead atoms. The molecule has 1 aromatic rings. The predicted molar refractivity (Wildman–Crippen MR) is 72.2 cm³/mol. The molecule has 2 N–H and O–H groups in total. The summed E-state index contributed by atoms with van der Waals surface area (Å²) in [5.74, 6) is -0.794. The fraction of sp³-hybridized carbons (Fsp3) is 0.231. The van der Waals surface area contributed by atoms with Gasteiger partial charge in [-0.05, 0) is 23.8 Å². The van der Waals surface area contributed by atoms with Crippen molar-refractivity contribution in [1.29, 1.82) is 0 Å². The second-order valence-corrected chi connectivity index (χ2v) is 5.07. The van der Waals surface area contributed by atoms with Crippen molar-refractivity contribution in [2.75, 3.05) is 16.8 Å². The lowest BCUT2D eigenvalue weighted by Gasteiger charge is -2.03. The molecule has 5 heteroatoms. The number of carbonyl (C=O) groups excluding carboxylic acids is 1. The Hall–Kier alpha value is -1.75. The molecule has 1 aromatic carbocycles. The van der Waals surface area contributed by atoms with Crippen molar-refractivity contribution in [1.82, 2.24) is 0 Å². The zero-order valence-corrected chi connectivity index (χ0v) is 10.5. The number of hydrogen-bond donors (Lipinski definition) is 2. The molecule has 18 heavy (non-hydrogen) atoms. The number of benzene rings is 1. The first kappa shape index (κ1) is 12.7. The smallest absolute Gasteiger partial charge is 0.313 e. The minimum atomic E-state index is -0.901. The fourth-order valence-corrected chi connectivity index (χ4v) is 2.44. The number of carboxylic acid groups (broad SMARTS) is 1. The normalized spacial score (nSPS) is 13.0. The summed E-state index contributed by atoms with van der Waals surface area (Å²) in [6.45, 7) is 3.85. The van der Waals surface area contributed by atoms with Gasteiger partial charge in [-0.3, -0.25) is 9.59 Å². The maximum absolute atomic E-state index is 11.9. The van der Waals surface area contributed by atoms with E-state index in [2.05, 4.69) is 11.9 Å². The lowest BCUT2D eigenvalue weighted by Crippen LogP contribution is -2.06. The zero-order valence-electron chi connectivity index (χ0n) is 9.73. The van der Waals surface area contributed by atoms with Crippen LogP contribution in [-0.2, 0) is 11.2 Å². The Morgan fingerprint density at radius 2 is 2.17 bits per heavy atom. The number of hydrogen-bond acceptors (Lipinski definition) is 4. The molecule has 94 valence electrons. The summed E-state index contributed by atoms with van der Waals surface area (Å²) >= 11 is 1.12. The van der Waals surface area contributed by atoms with Crippen LogP contribution in [0.5, 0.6) is 0 Å². The van der Waals surface area contributed by atoms with Gasteiger partial charge in [-0.15, -0.1) is 11.8 Å². The molecule has 1 aliphatic heterocycles. The number of allylic oxidation sites excluding steroid dienone is 1. The third kappa shape index (κ3) is 2.92. The Kier molecular flexibility index (Phi) is 3.72. The number of carboxylic acids is 1. The van der Waals surface area contributed by atoms with Crippen molar-refractivity contribution < 1.29 is 14.7 Å². The molecule has 0 amide bonds. The summed E-state index contributed by atoms with van der Waals surface area (Å²) in [7, 11) is 0. The van der Waals surface area contributed by atoms with Crippen molar-refractivity contribution in [2.45, 2.75) is 6.42 Å². The van der Waals surface area contributed by atoms with Gasteiger partial charge in [0.1, 0.15) is 0 Å². The SMILES string of the molecule is C=C1Cc2cc(C(=O)CSCC(=O)O)ccc2N1. The van der Waals surface area contributed by atoms with E-state index in [1.165, 1.54) is 0 Å².